The molecule has 2 N–H and O–H groups in total. The van der Waals surface area contributed by atoms with Crippen molar-refractivity contribution < 1.29 is 14.4 Å². The minimum Gasteiger partial charge on any atom is -0.482 e. The van der Waals surface area contributed by atoms with E-state index in [0.29, 0.717) is 24.0 Å². The Bertz CT molecular complexity index is 460. The second-order valence-electron chi connectivity index (χ2n) is 5.14. The first-order valence-corrected chi connectivity index (χ1v) is 6.50. The maximum Gasteiger partial charge on any atom is 0.262 e. The van der Waals surface area contributed by atoms with Gasteiger partial charge in [-0.3, -0.25) is 4.79 Å². The topological polar surface area (TPSA) is 59.6 Å². The summed E-state index contributed by atoms with van der Waals surface area (Å²) in [5.74, 6) is 1.07. The summed E-state index contributed by atoms with van der Waals surface area (Å²) in [4.78, 5) is 16.7. The van der Waals surface area contributed by atoms with Crippen LogP contribution in [0.25, 0.3) is 0 Å². The number of hydrogen-bond donors (Lipinski definition) is 2. The average Bonchev–Trinajstić information content (AvgIpc) is 2.37. The van der Waals surface area contributed by atoms with Crippen LogP contribution < -0.4 is 15.5 Å². The fourth-order valence-corrected chi connectivity index (χ4v) is 1.78. The number of benzene rings is 1. The van der Waals surface area contributed by atoms with Gasteiger partial charge in [-0.1, -0.05) is 19.9 Å². The van der Waals surface area contributed by atoms with Gasteiger partial charge < -0.3 is 14.9 Å². The van der Waals surface area contributed by atoms with E-state index in [4.69, 9.17) is 9.57 Å². The number of rotatable bonds is 5. The van der Waals surface area contributed by atoms with E-state index in [-0.39, 0.29) is 18.6 Å². The highest BCUT2D eigenvalue weighted by molar-refractivity contribution is 5.95. The van der Waals surface area contributed by atoms with E-state index in [1.165, 1.54) is 0 Å². The molecular formula is C14H20N2O3. The van der Waals surface area contributed by atoms with E-state index in [0.717, 1.165) is 5.56 Å². The van der Waals surface area contributed by atoms with E-state index in [2.05, 4.69) is 24.6 Å². The van der Waals surface area contributed by atoms with Crippen LogP contribution in [0, 0.1) is 5.92 Å². The minimum atomic E-state index is -0.124. The normalized spacial score (nSPS) is 15.7. The zero-order valence-electron chi connectivity index (χ0n) is 11.5. The van der Waals surface area contributed by atoms with Crippen molar-refractivity contribution in [2.45, 2.75) is 26.8 Å². The van der Waals surface area contributed by atoms with Gasteiger partial charge in [0.2, 0.25) is 0 Å². The van der Waals surface area contributed by atoms with Crippen LogP contribution in [0.2, 0.25) is 0 Å². The number of amides is 1. The number of carbonyl (C=O) groups is 1. The average molecular weight is 264 g/mol. The molecule has 5 heteroatoms. The molecule has 1 aliphatic rings. The number of carbonyl (C=O) groups excluding carboxylic acids is 1. The van der Waals surface area contributed by atoms with E-state index in [1.807, 2.05) is 25.1 Å². The molecule has 0 bridgehead atoms. The van der Waals surface area contributed by atoms with Crippen molar-refractivity contribution in [3.05, 3.63) is 23.8 Å². The molecule has 2 rings (SSSR count). The Morgan fingerprint density at radius 2 is 2.21 bits per heavy atom. The quantitative estimate of drug-likeness (QED) is 0.801. The summed E-state index contributed by atoms with van der Waals surface area (Å²) in [6.07, 6.45) is 0. The smallest absolute Gasteiger partial charge is 0.262 e. The molecule has 1 aromatic carbocycles. The van der Waals surface area contributed by atoms with Gasteiger partial charge in [-0.25, -0.2) is 0 Å². The molecule has 1 atom stereocenters. The fraction of sp³-hybridized carbons (Fsp3) is 0.500. The largest absolute Gasteiger partial charge is 0.482 e. The van der Waals surface area contributed by atoms with Gasteiger partial charge in [-0.2, -0.15) is 5.48 Å². The van der Waals surface area contributed by atoms with Crippen molar-refractivity contribution in [2.24, 2.45) is 5.92 Å². The predicted octanol–water partition coefficient (Wildman–Crippen LogP) is 2.26. The highest BCUT2D eigenvalue weighted by Crippen LogP contribution is 2.30. The van der Waals surface area contributed by atoms with Crippen LogP contribution in [0.3, 0.4) is 0 Å². The molecule has 0 saturated heterocycles. The lowest BCUT2D eigenvalue weighted by molar-refractivity contribution is -0.118. The summed E-state index contributed by atoms with van der Waals surface area (Å²) in [7, 11) is 0. The van der Waals surface area contributed by atoms with Gasteiger partial charge >= 0.3 is 0 Å². The van der Waals surface area contributed by atoms with Gasteiger partial charge in [-0.15, -0.1) is 0 Å². The molecule has 1 aromatic rings. The van der Waals surface area contributed by atoms with Crippen molar-refractivity contribution in [2.75, 3.05) is 18.5 Å². The molecule has 0 saturated carbocycles. The standard InChI is InChI=1S/C14H20N2O3/c1-9(2)7-19-16-10(3)11-4-5-13-12(6-11)15-14(17)8-18-13/h4-6,9-10,16H,7-8H2,1-3H3,(H,15,17). The van der Waals surface area contributed by atoms with Gasteiger partial charge in [0.05, 0.1) is 18.3 Å². The van der Waals surface area contributed by atoms with Crippen LogP contribution in [0.15, 0.2) is 18.2 Å². The van der Waals surface area contributed by atoms with Gasteiger partial charge in [0.15, 0.2) is 6.61 Å². The van der Waals surface area contributed by atoms with Crippen LogP contribution >= 0.6 is 0 Å². The molecule has 0 aromatic heterocycles. The summed E-state index contributed by atoms with van der Waals surface area (Å²) in [5, 5.41) is 2.80. The Morgan fingerprint density at radius 1 is 1.42 bits per heavy atom. The molecular weight excluding hydrogens is 244 g/mol. The lowest BCUT2D eigenvalue weighted by Crippen LogP contribution is -2.26. The van der Waals surface area contributed by atoms with Crippen LogP contribution in [0.1, 0.15) is 32.4 Å². The maximum absolute atomic E-state index is 11.3. The van der Waals surface area contributed by atoms with Gasteiger partial charge in [0, 0.05) is 0 Å². The third-order valence-corrected chi connectivity index (χ3v) is 2.81. The molecule has 1 unspecified atom stereocenters. The molecule has 5 nitrogen and oxygen atoms in total. The first-order chi connectivity index (χ1) is 9.06. The first-order valence-electron chi connectivity index (χ1n) is 6.50. The number of fused-ring (bicyclic) bond motifs is 1. The summed E-state index contributed by atoms with van der Waals surface area (Å²) >= 11 is 0. The number of hydroxylamine groups is 1. The summed E-state index contributed by atoms with van der Waals surface area (Å²) < 4.78 is 5.32. The van der Waals surface area contributed by atoms with Crippen LogP contribution in [-0.2, 0) is 9.63 Å². The van der Waals surface area contributed by atoms with Gasteiger partial charge in [0.25, 0.3) is 5.91 Å². The second-order valence-corrected chi connectivity index (χ2v) is 5.14. The van der Waals surface area contributed by atoms with Crippen molar-refractivity contribution in [1.29, 1.82) is 0 Å². The number of anilines is 1. The third kappa shape index (κ3) is 3.68. The van der Waals surface area contributed by atoms with E-state index in [1.54, 1.807) is 0 Å². The van der Waals surface area contributed by atoms with Crippen molar-refractivity contribution >= 4 is 11.6 Å². The fourth-order valence-electron chi connectivity index (χ4n) is 1.78. The van der Waals surface area contributed by atoms with Gasteiger partial charge in [-0.05, 0) is 30.5 Å². The Labute approximate surface area is 113 Å². The van der Waals surface area contributed by atoms with Crippen molar-refractivity contribution in [3.8, 4) is 5.75 Å². The lowest BCUT2D eigenvalue weighted by atomic mass is 10.1. The maximum atomic E-state index is 11.3. The molecule has 0 radical (unpaired) electrons. The van der Waals surface area contributed by atoms with Gasteiger partial charge in [0.1, 0.15) is 5.75 Å². The third-order valence-electron chi connectivity index (χ3n) is 2.81. The zero-order valence-corrected chi connectivity index (χ0v) is 11.5. The van der Waals surface area contributed by atoms with Crippen molar-refractivity contribution in [1.82, 2.24) is 5.48 Å². The highest BCUT2D eigenvalue weighted by atomic mass is 16.6. The number of nitrogens with one attached hydrogen (secondary N) is 2. The Kier molecular flexibility index (Phi) is 4.39. The number of hydrogen-bond acceptors (Lipinski definition) is 4. The molecule has 0 spiro atoms. The molecule has 0 aliphatic carbocycles. The van der Waals surface area contributed by atoms with E-state index in [9.17, 15) is 4.79 Å². The first kappa shape index (κ1) is 13.8. The summed E-state index contributed by atoms with van der Waals surface area (Å²) in [6, 6.07) is 5.78. The molecule has 19 heavy (non-hydrogen) atoms. The van der Waals surface area contributed by atoms with E-state index >= 15 is 0 Å². The summed E-state index contributed by atoms with van der Waals surface area (Å²) in [6.45, 7) is 6.94. The molecule has 1 heterocycles. The second kappa shape index (κ2) is 6.04. The van der Waals surface area contributed by atoms with Crippen molar-refractivity contribution in [3.63, 3.8) is 0 Å². The Balaban J connectivity index is 2.00. The Hall–Kier alpha value is -1.59. The van der Waals surface area contributed by atoms with E-state index < -0.39 is 0 Å². The summed E-state index contributed by atoms with van der Waals surface area (Å²) in [5.41, 5.74) is 4.74. The van der Waals surface area contributed by atoms with Crippen LogP contribution in [0.4, 0.5) is 5.69 Å². The van der Waals surface area contributed by atoms with Crippen LogP contribution in [-0.4, -0.2) is 19.1 Å². The monoisotopic (exact) mass is 264 g/mol. The molecule has 1 aliphatic heterocycles. The SMILES string of the molecule is CC(C)CONC(C)c1ccc2c(c1)NC(=O)CO2. The predicted molar refractivity (Wildman–Crippen MR) is 72.9 cm³/mol. The zero-order chi connectivity index (χ0) is 13.8. The molecule has 104 valence electrons. The highest BCUT2D eigenvalue weighted by Gasteiger charge is 2.17. The molecule has 0 fully saturated rings. The Morgan fingerprint density at radius 3 is 2.95 bits per heavy atom. The van der Waals surface area contributed by atoms with Crippen LogP contribution in [0.5, 0.6) is 5.75 Å². The lowest BCUT2D eigenvalue weighted by Gasteiger charge is -2.21. The minimum absolute atomic E-state index is 0.0443. The number of ether oxygens (including phenoxy) is 1. The molecule has 1 amide bonds.